The Morgan fingerprint density at radius 2 is 1.92 bits per heavy atom. The van der Waals surface area contributed by atoms with Gasteiger partial charge in [-0.2, -0.15) is 0 Å². The topological polar surface area (TPSA) is 17.1 Å². The van der Waals surface area contributed by atoms with Crippen LogP contribution >= 0.6 is 0 Å². The Morgan fingerprint density at radius 3 is 2.75 bits per heavy atom. The summed E-state index contributed by atoms with van der Waals surface area (Å²) in [5.74, 6) is 0.422. The Morgan fingerprint density at radius 1 is 1.17 bits per heavy atom. The van der Waals surface area contributed by atoms with Crippen LogP contribution < -0.4 is 0 Å². The van der Waals surface area contributed by atoms with Gasteiger partial charge < -0.3 is 0 Å². The quantitative estimate of drug-likeness (QED) is 0.505. The second-order valence-electron chi connectivity index (χ2n) is 3.72. The Labute approximate surface area is 74.9 Å². The molecule has 0 fully saturated rings. The molecule has 0 unspecified atom stereocenters. The maximum atomic E-state index is 11.3. The van der Waals surface area contributed by atoms with Gasteiger partial charge in [0.25, 0.3) is 0 Å². The Hall–Kier alpha value is -0.590. The fourth-order valence-electron chi connectivity index (χ4n) is 1.64. The van der Waals surface area contributed by atoms with Crippen LogP contribution in [0.15, 0.2) is 11.6 Å². The molecule has 0 aromatic heterocycles. The van der Waals surface area contributed by atoms with Crippen molar-refractivity contribution in [1.82, 2.24) is 0 Å². The summed E-state index contributed by atoms with van der Waals surface area (Å²) in [5.41, 5.74) is 1.27. The van der Waals surface area contributed by atoms with E-state index in [9.17, 15) is 4.79 Å². The molecule has 0 aliphatic heterocycles. The Balaban J connectivity index is 2.44. The molecule has 0 aromatic carbocycles. The predicted molar refractivity (Wildman–Crippen MR) is 51.1 cm³/mol. The first-order chi connectivity index (χ1) is 5.79. The van der Waals surface area contributed by atoms with Crippen molar-refractivity contribution in [2.24, 2.45) is 0 Å². The predicted octanol–water partition coefficient (Wildman–Crippen LogP) is 3.25. The third-order valence-corrected chi connectivity index (χ3v) is 2.38. The SMILES string of the molecule is C/C1=C\CCCCCCC(=O)C1. The van der Waals surface area contributed by atoms with Crippen LogP contribution in [0, 0.1) is 0 Å². The first-order valence-electron chi connectivity index (χ1n) is 4.96. The lowest BCUT2D eigenvalue weighted by atomic mass is 10.0. The van der Waals surface area contributed by atoms with Crippen molar-refractivity contribution in [2.45, 2.75) is 51.9 Å². The monoisotopic (exact) mass is 166 g/mol. The van der Waals surface area contributed by atoms with Crippen LogP contribution in [-0.4, -0.2) is 5.78 Å². The lowest BCUT2D eigenvalue weighted by Gasteiger charge is -2.05. The summed E-state index contributed by atoms with van der Waals surface area (Å²) in [6, 6.07) is 0. The molecule has 0 aromatic rings. The Bertz CT molecular complexity index is 179. The van der Waals surface area contributed by atoms with E-state index in [1.165, 1.54) is 31.3 Å². The molecule has 0 heterocycles. The van der Waals surface area contributed by atoms with E-state index in [1.807, 2.05) is 0 Å². The summed E-state index contributed by atoms with van der Waals surface area (Å²) in [4.78, 5) is 11.3. The summed E-state index contributed by atoms with van der Waals surface area (Å²) >= 11 is 0. The molecule has 1 aliphatic rings. The molecular formula is C11H18O. The summed E-state index contributed by atoms with van der Waals surface area (Å²) in [7, 11) is 0. The number of Topliss-reactive ketones (excluding diaryl/α,β-unsaturated/α-hetero) is 1. The van der Waals surface area contributed by atoms with E-state index in [1.54, 1.807) is 0 Å². The summed E-state index contributed by atoms with van der Waals surface area (Å²) in [6.07, 6.45) is 9.81. The second-order valence-corrected chi connectivity index (χ2v) is 3.72. The van der Waals surface area contributed by atoms with E-state index >= 15 is 0 Å². The molecule has 0 saturated heterocycles. The number of rotatable bonds is 0. The highest BCUT2D eigenvalue weighted by Gasteiger charge is 2.04. The number of hydrogen-bond donors (Lipinski definition) is 0. The van der Waals surface area contributed by atoms with Gasteiger partial charge in [0.2, 0.25) is 0 Å². The second kappa shape index (κ2) is 5.13. The number of allylic oxidation sites excluding steroid dienone is 2. The van der Waals surface area contributed by atoms with Crippen molar-refractivity contribution in [3.63, 3.8) is 0 Å². The maximum absolute atomic E-state index is 11.3. The average molecular weight is 166 g/mol. The minimum absolute atomic E-state index is 0.422. The maximum Gasteiger partial charge on any atom is 0.136 e. The van der Waals surface area contributed by atoms with Gasteiger partial charge in [-0.25, -0.2) is 0 Å². The van der Waals surface area contributed by atoms with Crippen LogP contribution in [-0.2, 0) is 4.79 Å². The molecule has 0 N–H and O–H groups in total. The van der Waals surface area contributed by atoms with Crippen LogP contribution in [0.3, 0.4) is 0 Å². The van der Waals surface area contributed by atoms with Crippen LogP contribution in [0.5, 0.6) is 0 Å². The van der Waals surface area contributed by atoms with Gasteiger partial charge in [0.05, 0.1) is 0 Å². The van der Waals surface area contributed by atoms with Crippen LogP contribution in [0.2, 0.25) is 0 Å². The van der Waals surface area contributed by atoms with Gasteiger partial charge in [0, 0.05) is 12.8 Å². The molecule has 1 aliphatic carbocycles. The highest BCUT2D eigenvalue weighted by atomic mass is 16.1. The summed E-state index contributed by atoms with van der Waals surface area (Å²) in [5, 5.41) is 0. The average Bonchev–Trinajstić information content (AvgIpc) is 2.02. The first-order valence-corrected chi connectivity index (χ1v) is 4.96. The zero-order valence-corrected chi connectivity index (χ0v) is 7.94. The lowest BCUT2D eigenvalue weighted by molar-refractivity contribution is -0.118. The van der Waals surface area contributed by atoms with Gasteiger partial charge in [-0.15, -0.1) is 0 Å². The van der Waals surface area contributed by atoms with E-state index in [2.05, 4.69) is 13.0 Å². The van der Waals surface area contributed by atoms with Gasteiger partial charge in [0.15, 0.2) is 0 Å². The standard InChI is InChI=1S/C11H18O/c1-10-7-5-3-2-4-6-8-11(12)9-10/h7H,2-6,8-9H2,1H3/b10-7+. The summed E-state index contributed by atoms with van der Waals surface area (Å²) < 4.78 is 0. The van der Waals surface area contributed by atoms with Crippen LogP contribution in [0.1, 0.15) is 51.9 Å². The fraction of sp³-hybridized carbons (Fsp3) is 0.727. The fourth-order valence-corrected chi connectivity index (χ4v) is 1.64. The summed E-state index contributed by atoms with van der Waals surface area (Å²) in [6.45, 7) is 2.07. The van der Waals surface area contributed by atoms with E-state index in [0.29, 0.717) is 12.2 Å². The van der Waals surface area contributed by atoms with Gasteiger partial charge >= 0.3 is 0 Å². The van der Waals surface area contributed by atoms with Crippen molar-refractivity contribution >= 4 is 5.78 Å². The normalized spacial score (nSPS) is 26.1. The molecule has 0 spiro atoms. The van der Waals surface area contributed by atoms with Crippen LogP contribution in [0.4, 0.5) is 0 Å². The van der Waals surface area contributed by atoms with E-state index in [-0.39, 0.29) is 0 Å². The van der Waals surface area contributed by atoms with Crippen molar-refractivity contribution in [1.29, 1.82) is 0 Å². The molecule has 1 nitrogen and oxygen atoms in total. The smallest absolute Gasteiger partial charge is 0.136 e. The molecule has 0 saturated carbocycles. The highest BCUT2D eigenvalue weighted by molar-refractivity contribution is 5.80. The molecule has 0 atom stereocenters. The third kappa shape index (κ3) is 3.70. The van der Waals surface area contributed by atoms with Gasteiger partial charge in [-0.05, 0) is 26.2 Å². The van der Waals surface area contributed by atoms with Crippen molar-refractivity contribution in [2.75, 3.05) is 0 Å². The first kappa shape index (κ1) is 9.50. The molecule has 12 heavy (non-hydrogen) atoms. The molecule has 0 amide bonds. The van der Waals surface area contributed by atoms with Gasteiger partial charge in [-0.3, -0.25) is 4.79 Å². The van der Waals surface area contributed by atoms with Gasteiger partial charge in [0.1, 0.15) is 5.78 Å². The van der Waals surface area contributed by atoms with Crippen molar-refractivity contribution in [3.8, 4) is 0 Å². The minimum Gasteiger partial charge on any atom is -0.299 e. The lowest BCUT2D eigenvalue weighted by Crippen LogP contribution is -1.99. The zero-order chi connectivity index (χ0) is 8.81. The van der Waals surface area contributed by atoms with Crippen molar-refractivity contribution in [3.05, 3.63) is 11.6 Å². The van der Waals surface area contributed by atoms with E-state index < -0.39 is 0 Å². The number of carbonyl (C=O) groups excluding carboxylic acids is 1. The van der Waals surface area contributed by atoms with Gasteiger partial charge in [-0.1, -0.05) is 24.5 Å². The molecular weight excluding hydrogens is 148 g/mol. The molecule has 0 radical (unpaired) electrons. The van der Waals surface area contributed by atoms with E-state index in [4.69, 9.17) is 0 Å². The van der Waals surface area contributed by atoms with Crippen LogP contribution in [0.25, 0.3) is 0 Å². The highest BCUT2D eigenvalue weighted by Crippen LogP contribution is 2.13. The third-order valence-electron chi connectivity index (χ3n) is 2.38. The van der Waals surface area contributed by atoms with Crippen molar-refractivity contribution < 1.29 is 4.79 Å². The van der Waals surface area contributed by atoms with E-state index in [0.717, 1.165) is 12.8 Å². The number of ketones is 1. The Kier molecular flexibility index (Phi) is 4.06. The molecule has 1 rings (SSSR count). The molecule has 68 valence electrons. The number of hydrogen-bond acceptors (Lipinski definition) is 1. The number of carbonyl (C=O) groups is 1. The zero-order valence-electron chi connectivity index (χ0n) is 7.94. The molecule has 1 heteroatoms. The minimum atomic E-state index is 0.422. The largest absolute Gasteiger partial charge is 0.299 e. The molecule has 0 bridgehead atoms.